The molecule has 0 aliphatic carbocycles. The van der Waals surface area contributed by atoms with Crippen LogP contribution in [0.1, 0.15) is 22.1 Å². The number of methoxy groups -OCH3 is 1. The second-order valence-electron chi connectivity index (χ2n) is 6.03. The van der Waals surface area contributed by atoms with Gasteiger partial charge in [-0.05, 0) is 29.8 Å². The molecule has 1 heterocycles. The highest BCUT2D eigenvalue weighted by Gasteiger charge is 2.35. The quantitative estimate of drug-likeness (QED) is 0.716. The molecular formula is C19H19N3O5S. The third-order valence-corrected chi connectivity index (χ3v) is 4.53. The average Bonchev–Trinajstić information content (AvgIpc) is 2.67. The van der Waals surface area contributed by atoms with E-state index in [-0.39, 0.29) is 6.61 Å². The molecule has 1 unspecified atom stereocenters. The zero-order valence-corrected chi connectivity index (χ0v) is 16.1. The first kappa shape index (κ1) is 19.5. The van der Waals surface area contributed by atoms with Gasteiger partial charge < -0.3 is 14.8 Å². The number of terminal acetylenes is 1. The minimum Gasteiger partial charge on any atom is -0.493 e. The largest absolute Gasteiger partial charge is 0.493 e. The van der Waals surface area contributed by atoms with Gasteiger partial charge in [-0.15, -0.1) is 11.3 Å². The maximum absolute atomic E-state index is 12.9. The van der Waals surface area contributed by atoms with Crippen LogP contribution in [0.5, 0.6) is 11.5 Å². The predicted molar refractivity (Wildman–Crippen MR) is 104 cm³/mol. The van der Waals surface area contributed by atoms with Crippen LogP contribution in [-0.4, -0.2) is 39.3 Å². The summed E-state index contributed by atoms with van der Waals surface area (Å²) in [6.45, 7) is 0.0744. The molecule has 28 heavy (non-hydrogen) atoms. The Kier molecular flexibility index (Phi) is 5.44. The molecule has 9 heteroatoms. The number of benzene rings is 2. The zero-order valence-electron chi connectivity index (χ0n) is 15.3. The molecule has 2 aromatic carbocycles. The van der Waals surface area contributed by atoms with E-state index in [1.54, 1.807) is 42.5 Å². The lowest BCUT2D eigenvalue weighted by atomic mass is 10.0. The first-order valence-electron chi connectivity index (χ1n) is 8.25. The summed E-state index contributed by atoms with van der Waals surface area (Å²) in [5, 5.41) is 4.22. The van der Waals surface area contributed by atoms with E-state index < -0.39 is 22.1 Å². The van der Waals surface area contributed by atoms with Gasteiger partial charge in [-0.25, -0.2) is 13.4 Å². The second kappa shape index (κ2) is 7.80. The molecule has 146 valence electrons. The third-order valence-electron chi connectivity index (χ3n) is 4.01. The van der Waals surface area contributed by atoms with Crippen LogP contribution in [0.15, 0.2) is 42.5 Å². The van der Waals surface area contributed by atoms with Crippen molar-refractivity contribution in [2.45, 2.75) is 6.17 Å². The number of fused-ring (bicyclic) bond motifs is 1. The van der Waals surface area contributed by atoms with Crippen LogP contribution in [0.2, 0.25) is 0 Å². The van der Waals surface area contributed by atoms with Crippen molar-refractivity contribution in [3.63, 3.8) is 0 Å². The number of nitrogens with zero attached hydrogens (tertiary/aromatic N) is 1. The van der Waals surface area contributed by atoms with Gasteiger partial charge in [0.2, 0.25) is 10.0 Å². The number of sulfonamides is 1. The second-order valence-corrected chi connectivity index (χ2v) is 7.76. The van der Waals surface area contributed by atoms with Gasteiger partial charge in [0.1, 0.15) is 12.8 Å². The van der Waals surface area contributed by atoms with E-state index in [1.807, 2.05) is 0 Å². The Morgan fingerprint density at radius 2 is 2.00 bits per heavy atom. The number of nitrogens with one attached hydrogen (secondary N) is 2. The van der Waals surface area contributed by atoms with Gasteiger partial charge >= 0.3 is 0 Å². The van der Waals surface area contributed by atoms with Crippen molar-refractivity contribution in [1.29, 1.82) is 0 Å². The van der Waals surface area contributed by atoms with Crippen LogP contribution in [0.4, 0.5) is 5.69 Å². The highest BCUT2D eigenvalue weighted by molar-refractivity contribution is 7.88. The molecule has 0 bridgehead atoms. The number of hydrogen-bond donors (Lipinski definition) is 2. The van der Waals surface area contributed by atoms with Crippen LogP contribution < -0.4 is 19.6 Å². The zero-order chi connectivity index (χ0) is 20.3. The maximum Gasteiger partial charge on any atom is 0.273 e. The number of anilines is 1. The fraction of sp³-hybridized carbons (Fsp3) is 0.211. The monoisotopic (exact) mass is 401 g/mol. The predicted octanol–water partition coefficient (Wildman–Crippen LogP) is 1.74. The summed E-state index contributed by atoms with van der Waals surface area (Å²) in [6.07, 6.45) is 5.40. The minimum absolute atomic E-state index is 0.0744. The molecule has 1 aliphatic rings. The Morgan fingerprint density at radius 3 is 2.68 bits per heavy atom. The highest BCUT2D eigenvalue weighted by atomic mass is 32.2. The Labute approximate surface area is 163 Å². The molecule has 1 amide bonds. The Balaban J connectivity index is 2.04. The molecule has 1 atom stereocenters. The van der Waals surface area contributed by atoms with Crippen LogP contribution in [0.25, 0.3) is 0 Å². The Morgan fingerprint density at radius 1 is 1.25 bits per heavy atom. The molecule has 0 saturated carbocycles. The Bertz CT molecular complexity index is 1050. The van der Waals surface area contributed by atoms with Crippen molar-refractivity contribution < 1.29 is 22.7 Å². The van der Waals surface area contributed by atoms with E-state index in [0.717, 1.165) is 11.3 Å². The first-order chi connectivity index (χ1) is 13.3. The average molecular weight is 401 g/mol. The lowest BCUT2D eigenvalue weighted by Crippen LogP contribution is -2.52. The van der Waals surface area contributed by atoms with E-state index in [1.165, 1.54) is 7.11 Å². The fourth-order valence-electron chi connectivity index (χ4n) is 2.85. The highest BCUT2D eigenvalue weighted by Crippen LogP contribution is 2.36. The molecule has 0 aromatic heterocycles. The molecule has 3 rings (SSSR count). The van der Waals surface area contributed by atoms with E-state index in [0.29, 0.717) is 28.3 Å². The Hall–Kier alpha value is -3.22. The van der Waals surface area contributed by atoms with Gasteiger partial charge in [-0.3, -0.25) is 4.79 Å². The van der Waals surface area contributed by atoms with Gasteiger partial charge in [0.25, 0.3) is 5.91 Å². The van der Waals surface area contributed by atoms with Crippen LogP contribution in [0, 0.1) is 12.3 Å². The maximum atomic E-state index is 12.9. The molecule has 0 radical (unpaired) electrons. The van der Waals surface area contributed by atoms with Crippen LogP contribution in [0.3, 0.4) is 0 Å². The van der Waals surface area contributed by atoms with E-state index in [2.05, 4.69) is 16.1 Å². The molecule has 0 spiro atoms. The molecule has 1 aliphatic heterocycles. The van der Waals surface area contributed by atoms with Gasteiger partial charge in [0.15, 0.2) is 11.5 Å². The number of para-hydroxylation sites is 1. The minimum atomic E-state index is -3.70. The summed E-state index contributed by atoms with van der Waals surface area (Å²) in [6, 6.07) is 11.9. The van der Waals surface area contributed by atoms with Gasteiger partial charge in [-0.1, -0.05) is 24.1 Å². The molecule has 2 N–H and O–H groups in total. The van der Waals surface area contributed by atoms with Crippen molar-refractivity contribution in [2.24, 2.45) is 0 Å². The number of hydrazine groups is 1. The molecule has 2 aromatic rings. The van der Waals surface area contributed by atoms with Crippen molar-refractivity contribution in [3.8, 4) is 23.8 Å². The SMILES string of the molecule is C#CCOc1ccc(C2Nc3ccccc3C(=O)N2NS(C)(=O)=O)cc1OC. The van der Waals surface area contributed by atoms with Crippen molar-refractivity contribution in [2.75, 3.05) is 25.3 Å². The van der Waals surface area contributed by atoms with Gasteiger partial charge in [-0.2, -0.15) is 0 Å². The van der Waals surface area contributed by atoms with Gasteiger partial charge in [0, 0.05) is 5.69 Å². The normalized spacial score (nSPS) is 16.0. The summed E-state index contributed by atoms with van der Waals surface area (Å²) in [4.78, 5) is 15.2. The number of carbonyl (C=O) groups excluding carboxylic acids is 1. The lowest BCUT2D eigenvalue weighted by Gasteiger charge is -2.37. The number of ether oxygens (including phenoxy) is 2. The summed E-state index contributed by atoms with van der Waals surface area (Å²) >= 11 is 0. The molecule has 8 nitrogen and oxygen atoms in total. The summed E-state index contributed by atoms with van der Waals surface area (Å²) < 4.78 is 34.4. The number of amides is 1. The van der Waals surface area contributed by atoms with Gasteiger partial charge in [0.05, 0.1) is 18.9 Å². The van der Waals surface area contributed by atoms with Crippen LogP contribution in [-0.2, 0) is 10.0 Å². The van der Waals surface area contributed by atoms with E-state index in [4.69, 9.17) is 15.9 Å². The lowest BCUT2D eigenvalue weighted by molar-refractivity contribution is 0.0633. The topological polar surface area (TPSA) is 97.0 Å². The summed E-state index contributed by atoms with van der Waals surface area (Å²) in [5.41, 5.74) is 1.54. The molecular weight excluding hydrogens is 382 g/mol. The number of carbonyl (C=O) groups is 1. The first-order valence-corrected chi connectivity index (χ1v) is 10.1. The standard InChI is InChI=1S/C19H19N3O5S/c1-4-11-27-16-10-9-13(12-17(16)26-2)18-20-15-8-6-5-7-14(15)19(23)22(18)21-28(3,24)25/h1,5-10,12,18,20-21H,11H2,2-3H3. The van der Waals surface area contributed by atoms with Crippen molar-refractivity contribution >= 4 is 21.6 Å². The van der Waals surface area contributed by atoms with Crippen molar-refractivity contribution in [1.82, 2.24) is 9.84 Å². The molecule has 0 fully saturated rings. The summed E-state index contributed by atoms with van der Waals surface area (Å²) in [7, 11) is -2.22. The number of rotatable bonds is 6. The summed E-state index contributed by atoms with van der Waals surface area (Å²) in [5.74, 6) is 2.74. The number of hydrogen-bond acceptors (Lipinski definition) is 6. The van der Waals surface area contributed by atoms with E-state index in [9.17, 15) is 13.2 Å². The molecule has 0 saturated heterocycles. The smallest absolute Gasteiger partial charge is 0.273 e. The van der Waals surface area contributed by atoms with Crippen molar-refractivity contribution in [3.05, 3.63) is 53.6 Å². The van der Waals surface area contributed by atoms with E-state index >= 15 is 0 Å². The fourth-order valence-corrected chi connectivity index (χ4v) is 3.40. The third kappa shape index (κ3) is 4.03. The van der Waals surface area contributed by atoms with Crippen LogP contribution >= 0.6 is 0 Å².